The van der Waals surface area contributed by atoms with Crippen molar-refractivity contribution in [2.75, 3.05) is 11.1 Å². The lowest BCUT2D eigenvalue weighted by Gasteiger charge is -2.10. The Hall–Kier alpha value is -2.53. The molecule has 21 heavy (non-hydrogen) atoms. The molecule has 0 saturated carbocycles. The summed E-state index contributed by atoms with van der Waals surface area (Å²) in [5.41, 5.74) is 7.15. The van der Waals surface area contributed by atoms with E-state index in [4.69, 9.17) is 22.4 Å². The molecule has 6 heteroatoms. The van der Waals surface area contributed by atoms with Gasteiger partial charge in [0.05, 0.1) is 11.3 Å². The molecule has 0 heterocycles. The van der Waals surface area contributed by atoms with E-state index in [2.05, 4.69) is 5.32 Å². The van der Waals surface area contributed by atoms with Gasteiger partial charge in [-0.3, -0.25) is 4.79 Å². The second kappa shape index (κ2) is 5.85. The number of anilines is 2. The number of rotatable bonds is 3. The molecular formula is C15H13ClN2O3. The largest absolute Gasteiger partial charge is 0.478 e. The summed E-state index contributed by atoms with van der Waals surface area (Å²) < 4.78 is 0. The molecule has 4 N–H and O–H groups in total. The molecule has 0 atom stereocenters. The van der Waals surface area contributed by atoms with Gasteiger partial charge in [-0.15, -0.1) is 0 Å². The number of halogens is 1. The lowest BCUT2D eigenvalue weighted by molar-refractivity contribution is 0.0698. The number of aromatic carboxylic acids is 1. The zero-order valence-electron chi connectivity index (χ0n) is 11.2. The second-order valence-electron chi connectivity index (χ2n) is 4.53. The Labute approximate surface area is 126 Å². The number of aryl methyl sites for hydroxylation is 1. The van der Waals surface area contributed by atoms with Crippen LogP contribution in [-0.2, 0) is 0 Å². The topological polar surface area (TPSA) is 92.4 Å². The van der Waals surface area contributed by atoms with Crippen molar-refractivity contribution in [2.24, 2.45) is 0 Å². The van der Waals surface area contributed by atoms with E-state index in [-0.39, 0.29) is 11.3 Å². The molecule has 2 aromatic rings. The van der Waals surface area contributed by atoms with Crippen molar-refractivity contribution < 1.29 is 14.7 Å². The van der Waals surface area contributed by atoms with Gasteiger partial charge in [0, 0.05) is 16.3 Å². The zero-order valence-corrected chi connectivity index (χ0v) is 11.9. The van der Waals surface area contributed by atoms with Gasteiger partial charge in [-0.1, -0.05) is 11.6 Å². The predicted octanol–water partition coefficient (Wildman–Crippen LogP) is 3.18. The third-order valence-corrected chi connectivity index (χ3v) is 3.37. The van der Waals surface area contributed by atoms with Crippen LogP contribution in [0.3, 0.4) is 0 Å². The van der Waals surface area contributed by atoms with Gasteiger partial charge < -0.3 is 16.2 Å². The van der Waals surface area contributed by atoms with Crippen molar-refractivity contribution in [3.63, 3.8) is 0 Å². The molecule has 0 unspecified atom stereocenters. The van der Waals surface area contributed by atoms with Crippen molar-refractivity contribution in [1.29, 1.82) is 0 Å². The molecule has 0 saturated heterocycles. The van der Waals surface area contributed by atoms with E-state index in [0.29, 0.717) is 16.3 Å². The minimum atomic E-state index is -1.16. The van der Waals surface area contributed by atoms with Gasteiger partial charge in [-0.05, 0) is 48.9 Å². The normalized spacial score (nSPS) is 10.2. The lowest BCUT2D eigenvalue weighted by Crippen LogP contribution is -2.15. The van der Waals surface area contributed by atoms with Crippen LogP contribution in [0.5, 0.6) is 0 Å². The van der Waals surface area contributed by atoms with Crippen molar-refractivity contribution in [3.05, 3.63) is 58.1 Å². The number of nitrogens with one attached hydrogen (secondary N) is 1. The molecule has 0 aromatic heterocycles. The number of hydrogen-bond donors (Lipinski definition) is 3. The van der Waals surface area contributed by atoms with E-state index in [1.54, 1.807) is 25.1 Å². The SMILES string of the molecule is Cc1cc(C(=O)Nc2ccc(N)cc2C(=O)O)ccc1Cl. The van der Waals surface area contributed by atoms with Crippen molar-refractivity contribution in [2.45, 2.75) is 6.92 Å². The summed E-state index contributed by atoms with van der Waals surface area (Å²) in [5.74, 6) is -1.58. The van der Waals surface area contributed by atoms with Crippen LogP contribution in [0.1, 0.15) is 26.3 Å². The van der Waals surface area contributed by atoms with Gasteiger partial charge in [0.2, 0.25) is 0 Å². The molecule has 1 amide bonds. The quantitative estimate of drug-likeness (QED) is 0.759. The Morgan fingerprint density at radius 2 is 1.90 bits per heavy atom. The first-order valence-corrected chi connectivity index (χ1v) is 6.46. The van der Waals surface area contributed by atoms with E-state index >= 15 is 0 Å². The molecule has 2 rings (SSSR count). The fourth-order valence-electron chi connectivity index (χ4n) is 1.83. The van der Waals surface area contributed by atoms with Gasteiger partial charge in [0.1, 0.15) is 0 Å². The molecule has 0 aliphatic rings. The Bertz CT molecular complexity index is 729. The third kappa shape index (κ3) is 3.32. The number of carbonyl (C=O) groups excluding carboxylic acids is 1. The van der Waals surface area contributed by atoms with E-state index in [1.165, 1.54) is 18.2 Å². The summed E-state index contributed by atoms with van der Waals surface area (Å²) >= 11 is 5.91. The highest BCUT2D eigenvalue weighted by Gasteiger charge is 2.14. The Balaban J connectivity index is 2.31. The van der Waals surface area contributed by atoms with Gasteiger partial charge >= 0.3 is 5.97 Å². The van der Waals surface area contributed by atoms with Gasteiger partial charge in [0.15, 0.2) is 0 Å². The van der Waals surface area contributed by atoms with Crippen LogP contribution in [0, 0.1) is 6.92 Å². The van der Waals surface area contributed by atoms with E-state index in [1.807, 2.05) is 0 Å². The molecule has 0 aliphatic carbocycles. The van der Waals surface area contributed by atoms with Crippen LogP contribution < -0.4 is 11.1 Å². The van der Waals surface area contributed by atoms with Crippen molar-refractivity contribution in [1.82, 2.24) is 0 Å². The summed E-state index contributed by atoms with van der Waals surface area (Å²) in [6, 6.07) is 9.10. The first-order chi connectivity index (χ1) is 9.88. The molecule has 0 bridgehead atoms. The third-order valence-electron chi connectivity index (χ3n) is 2.94. The molecule has 108 valence electrons. The number of benzene rings is 2. The van der Waals surface area contributed by atoms with E-state index in [9.17, 15) is 9.59 Å². The first-order valence-electron chi connectivity index (χ1n) is 6.09. The Morgan fingerprint density at radius 1 is 1.19 bits per heavy atom. The molecule has 0 fully saturated rings. The van der Waals surface area contributed by atoms with Crippen LogP contribution in [0.25, 0.3) is 0 Å². The number of hydrogen-bond acceptors (Lipinski definition) is 3. The number of nitrogen functional groups attached to an aromatic ring is 1. The molecular weight excluding hydrogens is 292 g/mol. The summed E-state index contributed by atoms with van der Waals surface area (Å²) in [4.78, 5) is 23.3. The number of carbonyl (C=O) groups is 2. The number of carboxylic acids is 1. The average Bonchev–Trinajstić information content (AvgIpc) is 2.43. The van der Waals surface area contributed by atoms with Crippen LogP contribution in [0.4, 0.5) is 11.4 Å². The van der Waals surface area contributed by atoms with Gasteiger partial charge in [-0.2, -0.15) is 0 Å². The van der Waals surface area contributed by atoms with Gasteiger partial charge in [0.25, 0.3) is 5.91 Å². The Morgan fingerprint density at radius 3 is 2.52 bits per heavy atom. The minimum Gasteiger partial charge on any atom is -0.478 e. The summed E-state index contributed by atoms with van der Waals surface area (Å²) in [5, 5.41) is 12.3. The Kier molecular flexibility index (Phi) is 4.14. The summed E-state index contributed by atoms with van der Waals surface area (Å²) in [7, 11) is 0. The zero-order chi connectivity index (χ0) is 15.6. The van der Waals surface area contributed by atoms with Crippen LogP contribution >= 0.6 is 11.6 Å². The minimum absolute atomic E-state index is 0.0611. The molecule has 0 radical (unpaired) electrons. The monoisotopic (exact) mass is 304 g/mol. The predicted molar refractivity (Wildman–Crippen MR) is 82.0 cm³/mol. The van der Waals surface area contributed by atoms with Crippen LogP contribution in [0.15, 0.2) is 36.4 Å². The molecule has 5 nitrogen and oxygen atoms in total. The highest BCUT2D eigenvalue weighted by Crippen LogP contribution is 2.21. The van der Waals surface area contributed by atoms with Crippen molar-refractivity contribution >= 4 is 34.9 Å². The molecule has 0 spiro atoms. The fraction of sp³-hybridized carbons (Fsp3) is 0.0667. The summed E-state index contributed by atoms with van der Waals surface area (Å²) in [6.45, 7) is 1.78. The highest BCUT2D eigenvalue weighted by molar-refractivity contribution is 6.31. The number of carboxylic acid groups (broad SMARTS) is 1. The van der Waals surface area contributed by atoms with Crippen molar-refractivity contribution in [3.8, 4) is 0 Å². The van der Waals surface area contributed by atoms with Crippen LogP contribution in [-0.4, -0.2) is 17.0 Å². The van der Waals surface area contributed by atoms with Gasteiger partial charge in [-0.25, -0.2) is 4.79 Å². The first kappa shape index (κ1) is 14.9. The maximum atomic E-state index is 12.2. The average molecular weight is 305 g/mol. The number of amides is 1. The standard InChI is InChI=1S/C15H13ClN2O3/c1-8-6-9(2-4-12(8)16)14(19)18-13-5-3-10(17)7-11(13)15(20)21/h2-7H,17H2,1H3,(H,18,19)(H,20,21). The molecule has 2 aromatic carbocycles. The van der Waals surface area contributed by atoms with E-state index < -0.39 is 11.9 Å². The van der Waals surface area contributed by atoms with Crippen LogP contribution in [0.2, 0.25) is 5.02 Å². The van der Waals surface area contributed by atoms with E-state index in [0.717, 1.165) is 5.56 Å². The lowest BCUT2D eigenvalue weighted by atomic mass is 10.1. The summed E-state index contributed by atoms with van der Waals surface area (Å²) in [6.07, 6.45) is 0. The highest BCUT2D eigenvalue weighted by atomic mass is 35.5. The maximum Gasteiger partial charge on any atom is 0.337 e. The number of nitrogens with two attached hydrogens (primary N) is 1. The smallest absolute Gasteiger partial charge is 0.337 e. The maximum absolute atomic E-state index is 12.2. The second-order valence-corrected chi connectivity index (χ2v) is 4.94. The fourth-order valence-corrected chi connectivity index (χ4v) is 1.95. The molecule has 0 aliphatic heterocycles.